The Bertz CT molecular complexity index is 851. The van der Waals surface area contributed by atoms with Crippen LogP contribution in [0.4, 0.5) is 0 Å². The Morgan fingerprint density at radius 2 is 1.82 bits per heavy atom. The van der Waals surface area contributed by atoms with Crippen LogP contribution in [0.2, 0.25) is 0 Å². The van der Waals surface area contributed by atoms with Crippen LogP contribution in [0.3, 0.4) is 0 Å². The van der Waals surface area contributed by atoms with Crippen molar-refractivity contribution in [2.45, 2.75) is 20.0 Å². The number of hydrogen-bond donors (Lipinski definition) is 2. The average Bonchev–Trinajstić information content (AvgIpc) is 3.13. The van der Waals surface area contributed by atoms with Gasteiger partial charge in [0.2, 0.25) is 11.7 Å². The molecule has 2 N–H and O–H groups in total. The van der Waals surface area contributed by atoms with Crippen LogP contribution in [-0.4, -0.2) is 63.6 Å². The highest BCUT2D eigenvalue weighted by molar-refractivity contribution is 5.90. The highest BCUT2D eigenvalue weighted by Crippen LogP contribution is 2.14. The standard InChI is InChI=1S/C18H22N6O4/c1-13(25)19-7-8-20-18(27)17-22-21-15-11-23(9-10-24(15)17)16(26)12-28-14-5-3-2-4-6-14/h2-6H,7-12H2,1H3,(H,19,25)(H,20,27). The fourth-order valence-corrected chi connectivity index (χ4v) is 2.79. The summed E-state index contributed by atoms with van der Waals surface area (Å²) in [7, 11) is 0. The number of carbonyl (C=O) groups is 3. The van der Waals surface area contributed by atoms with Crippen LogP contribution in [0.15, 0.2) is 30.3 Å². The van der Waals surface area contributed by atoms with Crippen molar-refractivity contribution in [1.29, 1.82) is 0 Å². The molecule has 2 aromatic rings. The number of fused-ring (bicyclic) bond motifs is 1. The first-order valence-corrected chi connectivity index (χ1v) is 8.95. The summed E-state index contributed by atoms with van der Waals surface area (Å²) in [6.45, 7) is 3.11. The van der Waals surface area contributed by atoms with E-state index in [4.69, 9.17) is 4.74 Å². The number of benzene rings is 1. The number of para-hydroxylation sites is 1. The molecule has 10 heteroatoms. The summed E-state index contributed by atoms with van der Waals surface area (Å²) < 4.78 is 7.20. The van der Waals surface area contributed by atoms with Crippen molar-refractivity contribution in [3.8, 4) is 5.75 Å². The van der Waals surface area contributed by atoms with E-state index in [2.05, 4.69) is 20.8 Å². The minimum atomic E-state index is -0.365. The van der Waals surface area contributed by atoms with Crippen LogP contribution in [0.5, 0.6) is 5.75 Å². The van der Waals surface area contributed by atoms with Crippen molar-refractivity contribution >= 4 is 17.7 Å². The van der Waals surface area contributed by atoms with Crippen LogP contribution in [-0.2, 0) is 22.7 Å². The number of nitrogens with one attached hydrogen (secondary N) is 2. The van der Waals surface area contributed by atoms with Crippen molar-refractivity contribution in [3.63, 3.8) is 0 Å². The van der Waals surface area contributed by atoms with Gasteiger partial charge in [-0.2, -0.15) is 0 Å². The number of hydrogen-bond acceptors (Lipinski definition) is 6. The molecule has 10 nitrogen and oxygen atoms in total. The first kappa shape index (κ1) is 19.3. The van der Waals surface area contributed by atoms with Gasteiger partial charge in [0.25, 0.3) is 11.8 Å². The number of amides is 3. The lowest BCUT2D eigenvalue weighted by Crippen LogP contribution is -2.42. The highest BCUT2D eigenvalue weighted by atomic mass is 16.5. The molecule has 0 atom stereocenters. The Hall–Kier alpha value is -3.43. The maximum absolute atomic E-state index is 12.4. The number of aromatic nitrogens is 3. The molecule has 0 fully saturated rings. The molecule has 1 aliphatic rings. The topological polar surface area (TPSA) is 118 Å². The van der Waals surface area contributed by atoms with E-state index in [0.29, 0.717) is 37.8 Å². The molecule has 0 aliphatic carbocycles. The zero-order chi connectivity index (χ0) is 19.9. The quantitative estimate of drug-likeness (QED) is 0.623. The number of rotatable bonds is 7. The summed E-state index contributed by atoms with van der Waals surface area (Å²) in [4.78, 5) is 37.1. The Balaban J connectivity index is 1.52. The smallest absolute Gasteiger partial charge is 0.289 e. The third kappa shape index (κ3) is 4.84. The predicted molar refractivity (Wildman–Crippen MR) is 98.4 cm³/mol. The Kier molecular flexibility index (Phi) is 6.20. The largest absolute Gasteiger partial charge is 0.484 e. The zero-order valence-corrected chi connectivity index (χ0v) is 15.6. The van der Waals surface area contributed by atoms with E-state index >= 15 is 0 Å². The number of ether oxygens (including phenoxy) is 1. The first-order chi connectivity index (χ1) is 13.5. The molecule has 3 rings (SSSR count). The molecule has 1 aromatic carbocycles. The Labute approximate surface area is 161 Å². The molecule has 0 bridgehead atoms. The molecule has 28 heavy (non-hydrogen) atoms. The SMILES string of the molecule is CC(=O)NCCNC(=O)c1nnc2n1CCN(C(=O)COc1ccccc1)C2. The molecule has 0 spiro atoms. The van der Waals surface area contributed by atoms with Crippen LogP contribution in [0, 0.1) is 0 Å². The monoisotopic (exact) mass is 386 g/mol. The second-order valence-electron chi connectivity index (χ2n) is 6.25. The van der Waals surface area contributed by atoms with E-state index < -0.39 is 0 Å². The number of carbonyl (C=O) groups excluding carboxylic acids is 3. The maximum Gasteiger partial charge on any atom is 0.289 e. The minimum Gasteiger partial charge on any atom is -0.484 e. The zero-order valence-electron chi connectivity index (χ0n) is 15.6. The molecule has 0 saturated carbocycles. The van der Waals surface area contributed by atoms with Crippen LogP contribution in [0.1, 0.15) is 23.4 Å². The summed E-state index contributed by atoms with van der Waals surface area (Å²) in [6.07, 6.45) is 0. The minimum absolute atomic E-state index is 0.0609. The van der Waals surface area contributed by atoms with E-state index in [0.717, 1.165) is 0 Å². The summed E-state index contributed by atoms with van der Waals surface area (Å²) in [6, 6.07) is 9.13. The highest BCUT2D eigenvalue weighted by Gasteiger charge is 2.27. The van der Waals surface area contributed by atoms with Crippen molar-refractivity contribution in [2.75, 3.05) is 26.2 Å². The van der Waals surface area contributed by atoms with Gasteiger partial charge in [-0.1, -0.05) is 18.2 Å². The van der Waals surface area contributed by atoms with Crippen molar-refractivity contribution in [3.05, 3.63) is 42.0 Å². The van der Waals surface area contributed by atoms with Crippen LogP contribution in [0.25, 0.3) is 0 Å². The lowest BCUT2D eigenvalue weighted by Gasteiger charge is -2.27. The van der Waals surface area contributed by atoms with Gasteiger partial charge in [0.05, 0.1) is 6.54 Å². The Morgan fingerprint density at radius 3 is 2.57 bits per heavy atom. The summed E-state index contributed by atoms with van der Waals surface area (Å²) >= 11 is 0. The molecular formula is C18H22N6O4. The first-order valence-electron chi connectivity index (χ1n) is 8.95. The third-order valence-corrected chi connectivity index (χ3v) is 4.20. The normalized spacial score (nSPS) is 12.8. The van der Waals surface area contributed by atoms with Gasteiger partial charge < -0.3 is 24.8 Å². The lowest BCUT2D eigenvalue weighted by atomic mass is 10.3. The van der Waals surface area contributed by atoms with Gasteiger partial charge in [-0.3, -0.25) is 14.4 Å². The van der Waals surface area contributed by atoms with E-state index in [9.17, 15) is 14.4 Å². The molecule has 1 aliphatic heterocycles. The van der Waals surface area contributed by atoms with Gasteiger partial charge in [-0.15, -0.1) is 10.2 Å². The second kappa shape index (κ2) is 8.98. The fraction of sp³-hybridized carbons (Fsp3) is 0.389. The summed E-state index contributed by atoms with van der Waals surface area (Å²) in [5.41, 5.74) is 0. The van der Waals surface area contributed by atoms with Crippen molar-refractivity contribution < 1.29 is 19.1 Å². The fourth-order valence-electron chi connectivity index (χ4n) is 2.79. The van der Waals surface area contributed by atoms with Gasteiger partial charge in [-0.25, -0.2) is 0 Å². The maximum atomic E-state index is 12.4. The van der Waals surface area contributed by atoms with E-state index in [-0.39, 0.29) is 36.7 Å². The molecule has 148 valence electrons. The van der Waals surface area contributed by atoms with Crippen LogP contribution < -0.4 is 15.4 Å². The van der Waals surface area contributed by atoms with Gasteiger partial charge in [0.1, 0.15) is 5.75 Å². The lowest BCUT2D eigenvalue weighted by molar-refractivity contribution is -0.134. The second-order valence-corrected chi connectivity index (χ2v) is 6.25. The third-order valence-electron chi connectivity index (χ3n) is 4.20. The van der Waals surface area contributed by atoms with E-state index in [1.807, 2.05) is 18.2 Å². The molecule has 3 amide bonds. The Morgan fingerprint density at radius 1 is 1.07 bits per heavy atom. The van der Waals surface area contributed by atoms with E-state index in [1.165, 1.54) is 6.92 Å². The molecular weight excluding hydrogens is 364 g/mol. The molecule has 0 radical (unpaired) electrons. The van der Waals surface area contributed by atoms with Crippen LogP contribution >= 0.6 is 0 Å². The average molecular weight is 386 g/mol. The van der Waals surface area contributed by atoms with Crippen molar-refractivity contribution in [1.82, 2.24) is 30.3 Å². The van der Waals surface area contributed by atoms with Gasteiger partial charge in [0, 0.05) is 33.1 Å². The van der Waals surface area contributed by atoms with E-state index in [1.54, 1.807) is 21.6 Å². The molecule has 0 saturated heterocycles. The van der Waals surface area contributed by atoms with Gasteiger partial charge in [-0.05, 0) is 12.1 Å². The van der Waals surface area contributed by atoms with Crippen molar-refractivity contribution in [2.24, 2.45) is 0 Å². The van der Waals surface area contributed by atoms with Gasteiger partial charge in [0.15, 0.2) is 12.4 Å². The summed E-state index contributed by atoms with van der Waals surface area (Å²) in [5, 5.41) is 13.3. The molecule has 1 aromatic heterocycles. The number of nitrogens with zero attached hydrogens (tertiary/aromatic N) is 4. The molecule has 0 unspecified atom stereocenters. The summed E-state index contributed by atoms with van der Waals surface area (Å²) in [5.74, 6) is 0.705. The molecule has 2 heterocycles. The van der Waals surface area contributed by atoms with Gasteiger partial charge >= 0.3 is 0 Å². The predicted octanol–water partition coefficient (Wildman–Crippen LogP) is -0.435.